The van der Waals surface area contributed by atoms with Gasteiger partial charge in [-0.1, -0.05) is 13.8 Å². The van der Waals surface area contributed by atoms with Gasteiger partial charge in [-0.15, -0.1) is 0 Å². The lowest BCUT2D eigenvalue weighted by Crippen LogP contribution is -2.39. The fourth-order valence-corrected chi connectivity index (χ4v) is 1.75. The Kier molecular flexibility index (Phi) is 7.33. The summed E-state index contributed by atoms with van der Waals surface area (Å²) in [5.74, 6) is 0.136. The number of carbonyl (C=O) groups is 1. The van der Waals surface area contributed by atoms with Crippen molar-refractivity contribution >= 4 is 15.7 Å². The lowest BCUT2D eigenvalue weighted by molar-refractivity contribution is -0.120. The maximum Gasteiger partial charge on any atom is 0.234 e. The second-order valence-corrected chi connectivity index (χ2v) is 6.26. The van der Waals surface area contributed by atoms with Crippen LogP contribution in [0.5, 0.6) is 0 Å². The Hall–Kier alpha value is -0.620. The van der Waals surface area contributed by atoms with Gasteiger partial charge in [0.15, 0.2) is 9.84 Å². The van der Waals surface area contributed by atoms with Gasteiger partial charge >= 0.3 is 0 Å². The Bertz CT molecular complexity index is 301. The van der Waals surface area contributed by atoms with E-state index in [1.54, 1.807) is 6.92 Å². The molecular formula is C10H22N2O3S. The Morgan fingerprint density at radius 2 is 1.94 bits per heavy atom. The zero-order chi connectivity index (χ0) is 12.6. The van der Waals surface area contributed by atoms with Crippen LogP contribution in [0.1, 0.15) is 27.2 Å². The molecular weight excluding hydrogens is 228 g/mol. The summed E-state index contributed by atoms with van der Waals surface area (Å²) < 4.78 is 22.3. The summed E-state index contributed by atoms with van der Waals surface area (Å²) in [7, 11) is -2.94. The van der Waals surface area contributed by atoms with Crippen LogP contribution in [0.2, 0.25) is 0 Å². The van der Waals surface area contributed by atoms with Gasteiger partial charge in [0.2, 0.25) is 5.91 Å². The van der Waals surface area contributed by atoms with Gasteiger partial charge in [0, 0.05) is 18.3 Å². The minimum atomic E-state index is -2.94. The van der Waals surface area contributed by atoms with Crippen molar-refractivity contribution in [1.82, 2.24) is 10.6 Å². The molecule has 0 heterocycles. The molecule has 5 nitrogen and oxygen atoms in total. The van der Waals surface area contributed by atoms with Gasteiger partial charge in [0.05, 0.1) is 12.3 Å². The van der Waals surface area contributed by atoms with Crippen molar-refractivity contribution in [3.05, 3.63) is 0 Å². The van der Waals surface area contributed by atoms with Crippen molar-refractivity contribution in [3.8, 4) is 0 Å². The Balaban J connectivity index is 3.64. The van der Waals surface area contributed by atoms with Crippen molar-refractivity contribution < 1.29 is 13.2 Å². The van der Waals surface area contributed by atoms with Crippen LogP contribution >= 0.6 is 0 Å². The third-order valence-electron chi connectivity index (χ3n) is 2.33. The molecule has 1 amide bonds. The molecule has 1 unspecified atom stereocenters. The maximum atomic E-state index is 11.3. The quantitative estimate of drug-likeness (QED) is 0.591. The van der Waals surface area contributed by atoms with Crippen molar-refractivity contribution in [2.24, 2.45) is 0 Å². The molecule has 16 heavy (non-hydrogen) atoms. The summed E-state index contributed by atoms with van der Waals surface area (Å²) in [5.41, 5.74) is 0. The van der Waals surface area contributed by atoms with E-state index in [9.17, 15) is 13.2 Å². The number of hydrogen-bond donors (Lipinski definition) is 2. The number of nitrogens with one attached hydrogen (secondary N) is 2. The Labute approximate surface area is 97.9 Å². The minimum Gasteiger partial charge on any atom is -0.353 e. The smallest absolute Gasteiger partial charge is 0.234 e. The first-order valence-electron chi connectivity index (χ1n) is 5.61. The molecule has 0 rings (SSSR count). The van der Waals surface area contributed by atoms with Gasteiger partial charge < -0.3 is 10.6 Å². The van der Waals surface area contributed by atoms with E-state index in [-0.39, 0.29) is 30.0 Å². The molecule has 0 radical (unpaired) electrons. The number of hydrogen-bond acceptors (Lipinski definition) is 4. The maximum absolute atomic E-state index is 11.3. The molecule has 0 bridgehead atoms. The van der Waals surface area contributed by atoms with Crippen LogP contribution in [0.3, 0.4) is 0 Å². The highest BCUT2D eigenvalue weighted by molar-refractivity contribution is 7.91. The summed E-state index contributed by atoms with van der Waals surface area (Å²) in [5, 5.41) is 5.60. The molecule has 0 saturated heterocycles. The van der Waals surface area contributed by atoms with Crippen LogP contribution < -0.4 is 10.6 Å². The lowest BCUT2D eigenvalue weighted by Gasteiger charge is -2.11. The SMILES string of the molecule is CCC(C)NC(=O)CNCCS(=O)(=O)CC. The van der Waals surface area contributed by atoms with E-state index in [2.05, 4.69) is 10.6 Å². The first-order chi connectivity index (χ1) is 7.41. The average Bonchev–Trinajstić information content (AvgIpc) is 2.24. The van der Waals surface area contributed by atoms with Gasteiger partial charge in [-0.3, -0.25) is 4.79 Å². The number of sulfone groups is 1. The first-order valence-corrected chi connectivity index (χ1v) is 7.44. The molecule has 96 valence electrons. The summed E-state index contributed by atoms with van der Waals surface area (Å²) in [6.07, 6.45) is 0.885. The highest BCUT2D eigenvalue weighted by atomic mass is 32.2. The molecule has 1 atom stereocenters. The van der Waals surface area contributed by atoms with Crippen LogP contribution in [0.25, 0.3) is 0 Å². The van der Waals surface area contributed by atoms with Crippen molar-refractivity contribution in [2.45, 2.75) is 33.2 Å². The molecule has 0 fully saturated rings. The predicted molar refractivity (Wildman–Crippen MR) is 65.1 cm³/mol. The van der Waals surface area contributed by atoms with E-state index in [0.29, 0.717) is 6.54 Å². The molecule has 0 aromatic carbocycles. The summed E-state index contributed by atoms with van der Waals surface area (Å²) >= 11 is 0. The molecule has 0 aliphatic rings. The van der Waals surface area contributed by atoms with Gasteiger partial charge in [0.25, 0.3) is 0 Å². The Morgan fingerprint density at radius 3 is 2.44 bits per heavy atom. The third-order valence-corrected chi connectivity index (χ3v) is 4.04. The van der Waals surface area contributed by atoms with Crippen molar-refractivity contribution in [1.29, 1.82) is 0 Å². The summed E-state index contributed by atoms with van der Waals surface area (Å²) in [6, 6.07) is 0.161. The van der Waals surface area contributed by atoms with Gasteiger partial charge in [-0.2, -0.15) is 0 Å². The molecule has 0 spiro atoms. The highest BCUT2D eigenvalue weighted by Crippen LogP contribution is 1.88. The van der Waals surface area contributed by atoms with Crippen molar-refractivity contribution in [2.75, 3.05) is 24.6 Å². The van der Waals surface area contributed by atoms with E-state index >= 15 is 0 Å². The molecule has 0 aromatic heterocycles. The highest BCUT2D eigenvalue weighted by Gasteiger charge is 2.08. The summed E-state index contributed by atoms with van der Waals surface area (Å²) in [4.78, 5) is 11.3. The number of rotatable bonds is 8. The molecule has 0 aliphatic carbocycles. The van der Waals surface area contributed by atoms with Crippen LogP contribution in [0.4, 0.5) is 0 Å². The second-order valence-electron chi connectivity index (χ2n) is 3.79. The minimum absolute atomic E-state index is 0.0834. The molecule has 6 heteroatoms. The first kappa shape index (κ1) is 15.4. The standard InChI is InChI=1S/C10H22N2O3S/c1-4-9(3)12-10(13)8-11-6-7-16(14,15)5-2/h9,11H,4-8H2,1-3H3,(H,12,13). The largest absolute Gasteiger partial charge is 0.353 e. The number of amides is 1. The third kappa shape index (κ3) is 7.64. The topological polar surface area (TPSA) is 75.3 Å². The predicted octanol–water partition coefficient (Wildman–Crippen LogP) is -0.0746. The zero-order valence-electron chi connectivity index (χ0n) is 10.2. The van der Waals surface area contributed by atoms with E-state index in [1.165, 1.54) is 0 Å². The fourth-order valence-electron chi connectivity index (χ4n) is 1.00. The molecule has 0 aliphatic heterocycles. The summed E-state index contributed by atoms with van der Waals surface area (Å²) in [6.45, 7) is 6.03. The molecule has 2 N–H and O–H groups in total. The number of carbonyl (C=O) groups excluding carboxylic acids is 1. The Morgan fingerprint density at radius 1 is 1.31 bits per heavy atom. The van der Waals surface area contributed by atoms with E-state index in [1.807, 2.05) is 13.8 Å². The van der Waals surface area contributed by atoms with Crippen molar-refractivity contribution in [3.63, 3.8) is 0 Å². The van der Waals surface area contributed by atoms with Gasteiger partial charge in [0.1, 0.15) is 0 Å². The average molecular weight is 250 g/mol. The zero-order valence-corrected chi connectivity index (χ0v) is 11.1. The molecule has 0 saturated carbocycles. The normalized spacial score (nSPS) is 13.4. The van der Waals surface area contributed by atoms with E-state index < -0.39 is 9.84 Å². The van der Waals surface area contributed by atoms with Crippen LogP contribution in [0, 0.1) is 0 Å². The lowest BCUT2D eigenvalue weighted by atomic mass is 10.2. The van der Waals surface area contributed by atoms with E-state index in [4.69, 9.17) is 0 Å². The fraction of sp³-hybridized carbons (Fsp3) is 0.900. The van der Waals surface area contributed by atoms with E-state index in [0.717, 1.165) is 6.42 Å². The second kappa shape index (κ2) is 7.62. The van der Waals surface area contributed by atoms with Gasteiger partial charge in [-0.25, -0.2) is 8.42 Å². The monoisotopic (exact) mass is 250 g/mol. The van der Waals surface area contributed by atoms with Crippen LogP contribution in [0.15, 0.2) is 0 Å². The molecule has 0 aromatic rings. The van der Waals surface area contributed by atoms with Crippen LogP contribution in [-0.2, 0) is 14.6 Å². The van der Waals surface area contributed by atoms with Gasteiger partial charge in [-0.05, 0) is 13.3 Å². The van der Waals surface area contributed by atoms with Crippen LogP contribution in [-0.4, -0.2) is 45.0 Å².